The van der Waals surface area contributed by atoms with Gasteiger partial charge in [-0.3, -0.25) is 24.2 Å². The van der Waals surface area contributed by atoms with E-state index in [-0.39, 0.29) is 24.2 Å². The summed E-state index contributed by atoms with van der Waals surface area (Å²) in [5, 5.41) is 5.15. The minimum atomic E-state index is -0.480. The van der Waals surface area contributed by atoms with Crippen LogP contribution in [-0.4, -0.2) is 61.6 Å². The van der Waals surface area contributed by atoms with E-state index in [0.717, 1.165) is 53.8 Å². The third kappa shape index (κ3) is 6.01. The number of hydrogen-bond donors (Lipinski definition) is 0. The average molecular weight is 450 g/mol. The van der Waals surface area contributed by atoms with E-state index in [0.29, 0.717) is 6.42 Å². The van der Waals surface area contributed by atoms with Crippen LogP contribution in [-0.2, 0) is 27.8 Å². The molecule has 0 amide bonds. The third-order valence-corrected chi connectivity index (χ3v) is 5.80. The van der Waals surface area contributed by atoms with Crippen molar-refractivity contribution in [2.24, 2.45) is 13.0 Å². The van der Waals surface area contributed by atoms with Crippen LogP contribution in [0.1, 0.15) is 39.3 Å². The molecule has 4 heterocycles. The zero-order chi connectivity index (χ0) is 23.6. The number of nitrogens with zero attached hydrogens (tertiary/aromatic N) is 5. The Labute approximate surface area is 194 Å². The number of rotatable bonds is 6. The van der Waals surface area contributed by atoms with Crippen LogP contribution in [0.4, 0.5) is 0 Å². The van der Waals surface area contributed by atoms with Crippen LogP contribution in [0.15, 0.2) is 36.8 Å². The molecule has 0 atom stereocenters. The number of carbonyl (C=O) groups is 2. The van der Waals surface area contributed by atoms with Crippen LogP contribution >= 0.6 is 0 Å². The molecule has 0 bridgehead atoms. The second kappa shape index (κ2) is 9.39. The van der Waals surface area contributed by atoms with Crippen molar-refractivity contribution in [2.45, 2.75) is 45.6 Å². The highest BCUT2D eigenvalue weighted by Crippen LogP contribution is 2.23. The summed E-state index contributed by atoms with van der Waals surface area (Å²) in [5.41, 5.74) is 2.87. The number of aryl methyl sites for hydroxylation is 1. The van der Waals surface area contributed by atoms with Gasteiger partial charge in [0, 0.05) is 48.4 Å². The summed E-state index contributed by atoms with van der Waals surface area (Å²) in [7, 11) is 1.88. The molecule has 1 aliphatic rings. The largest absolute Gasteiger partial charge is 0.459 e. The summed E-state index contributed by atoms with van der Waals surface area (Å²) in [6.45, 7) is 7.31. The molecule has 0 aromatic carbocycles. The van der Waals surface area contributed by atoms with Gasteiger partial charge >= 0.3 is 5.97 Å². The molecule has 4 rings (SSSR count). The van der Waals surface area contributed by atoms with E-state index < -0.39 is 5.60 Å². The molecule has 0 saturated carbocycles. The smallest absolute Gasteiger partial charge is 0.320 e. The number of hydrogen-bond acceptors (Lipinski definition) is 7. The Morgan fingerprint density at radius 1 is 1.15 bits per heavy atom. The SMILES string of the molecule is Cn1cc(-c2ccc3cnc(CC(=O)C4CCN(CC(=O)OC(C)(C)C)CC4)cc3n2)cn1. The zero-order valence-electron chi connectivity index (χ0n) is 19.7. The molecule has 3 aromatic rings. The van der Waals surface area contributed by atoms with Crippen LogP contribution in [0.3, 0.4) is 0 Å². The Bertz CT molecular complexity index is 1160. The first-order valence-electron chi connectivity index (χ1n) is 11.4. The van der Waals surface area contributed by atoms with Gasteiger partial charge < -0.3 is 4.74 Å². The summed E-state index contributed by atoms with van der Waals surface area (Å²) < 4.78 is 7.15. The van der Waals surface area contributed by atoms with Crippen molar-refractivity contribution in [3.05, 3.63) is 42.5 Å². The van der Waals surface area contributed by atoms with Gasteiger partial charge in [-0.2, -0.15) is 5.10 Å². The molecular formula is C25H31N5O3. The molecule has 0 radical (unpaired) electrons. The van der Waals surface area contributed by atoms with Crippen molar-refractivity contribution < 1.29 is 14.3 Å². The maximum absolute atomic E-state index is 12.9. The Morgan fingerprint density at radius 3 is 2.58 bits per heavy atom. The van der Waals surface area contributed by atoms with Crippen molar-refractivity contribution in [1.29, 1.82) is 0 Å². The van der Waals surface area contributed by atoms with Gasteiger partial charge in [0.1, 0.15) is 11.4 Å². The van der Waals surface area contributed by atoms with E-state index in [1.165, 1.54) is 0 Å². The monoisotopic (exact) mass is 449 g/mol. The van der Waals surface area contributed by atoms with Gasteiger partial charge in [-0.05, 0) is 64.9 Å². The van der Waals surface area contributed by atoms with Crippen molar-refractivity contribution in [3.8, 4) is 11.3 Å². The number of aromatic nitrogens is 4. The molecule has 1 saturated heterocycles. The minimum absolute atomic E-state index is 0.00734. The first kappa shape index (κ1) is 23.0. The summed E-state index contributed by atoms with van der Waals surface area (Å²) in [5.74, 6) is -0.0277. The summed E-state index contributed by atoms with van der Waals surface area (Å²) >= 11 is 0. The number of pyridine rings is 2. The lowest BCUT2D eigenvalue weighted by Gasteiger charge is -2.31. The van der Waals surface area contributed by atoms with Gasteiger partial charge in [0.25, 0.3) is 0 Å². The Balaban J connectivity index is 1.35. The van der Waals surface area contributed by atoms with Gasteiger partial charge in [0.05, 0.1) is 24.0 Å². The molecule has 8 nitrogen and oxygen atoms in total. The van der Waals surface area contributed by atoms with E-state index in [9.17, 15) is 9.59 Å². The summed E-state index contributed by atoms with van der Waals surface area (Å²) in [6, 6.07) is 5.85. The third-order valence-electron chi connectivity index (χ3n) is 5.80. The zero-order valence-corrected chi connectivity index (χ0v) is 19.7. The molecule has 0 spiro atoms. The van der Waals surface area contributed by atoms with Gasteiger partial charge in [-0.15, -0.1) is 0 Å². The highest BCUT2D eigenvalue weighted by Gasteiger charge is 2.27. The van der Waals surface area contributed by atoms with E-state index in [1.807, 2.05) is 52.2 Å². The quantitative estimate of drug-likeness (QED) is 0.534. The van der Waals surface area contributed by atoms with E-state index >= 15 is 0 Å². The number of Topliss-reactive ketones (excluding diaryl/α,β-unsaturated/α-hetero) is 1. The van der Waals surface area contributed by atoms with Crippen molar-refractivity contribution in [2.75, 3.05) is 19.6 Å². The summed E-state index contributed by atoms with van der Waals surface area (Å²) in [4.78, 5) is 36.3. The molecule has 0 aliphatic carbocycles. The molecule has 1 aliphatic heterocycles. The molecule has 0 N–H and O–H groups in total. The van der Waals surface area contributed by atoms with E-state index in [2.05, 4.69) is 15.0 Å². The number of piperidine rings is 1. The highest BCUT2D eigenvalue weighted by atomic mass is 16.6. The standard InChI is InChI=1S/C25H31N5O3/c1-25(2,3)33-24(32)16-30-9-7-17(8-10-30)23(31)12-20-11-22-18(13-26-20)5-6-21(28-22)19-14-27-29(4)15-19/h5-6,11,13-15,17H,7-10,12,16H2,1-4H3. The topological polar surface area (TPSA) is 90.2 Å². The second-order valence-corrected chi connectivity index (χ2v) is 9.75. The first-order valence-corrected chi connectivity index (χ1v) is 11.4. The molecule has 3 aromatic heterocycles. The first-order chi connectivity index (χ1) is 15.7. The number of likely N-dealkylation sites (tertiary alicyclic amines) is 1. The highest BCUT2D eigenvalue weighted by molar-refractivity contribution is 5.85. The molecule has 33 heavy (non-hydrogen) atoms. The van der Waals surface area contributed by atoms with Crippen molar-refractivity contribution in [3.63, 3.8) is 0 Å². The molecule has 0 unspecified atom stereocenters. The predicted octanol–water partition coefficient (Wildman–Crippen LogP) is 3.20. The number of esters is 1. The van der Waals surface area contributed by atoms with E-state index in [4.69, 9.17) is 9.72 Å². The van der Waals surface area contributed by atoms with Crippen molar-refractivity contribution >= 4 is 22.7 Å². The van der Waals surface area contributed by atoms with Crippen LogP contribution in [0.2, 0.25) is 0 Å². The normalized spacial score (nSPS) is 15.6. The number of fused-ring (bicyclic) bond motifs is 1. The molecule has 174 valence electrons. The second-order valence-electron chi connectivity index (χ2n) is 9.75. The minimum Gasteiger partial charge on any atom is -0.459 e. The maximum Gasteiger partial charge on any atom is 0.320 e. The molecule has 8 heteroatoms. The fourth-order valence-corrected chi connectivity index (χ4v) is 4.16. The van der Waals surface area contributed by atoms with Gasteiger partial charge in [-0.25, -0.2) is 4.98 Å². The number of ketones is 1. The van der Waals surface area contributed by atoms with Gasteiger partial charge in [0.2, 0.25) is 0 Å². The lowest BCUT2D eigenvalue weighted by Crippen LogP contribution is -2.41. The predicted molar refractivity (Wildman–Crippen MR) is 125 cm³/mol. The van der Waals surface area contributed by atoms with Crippen LogP contribution in [0.25, 0.3) is 22.2 Å². The Morgan fingerprint density at radius 2 is 1.91 bits per heavy atom. The van der Waals surface area contributed by atoms with Crippen LogP contribution in [0.5, 0.6) is 0 Å². The van der Waals surface area contributed by atoms with Gasteiger partial charge in [0.15, 0.2) is 0 Å². The molecular weight excluding hydrogens is 418 g/mol. The average Bonchev–Trinajstić information content (AvgIpc) is 3.18. The fourth-order valence-electron chi connectivity index (χ4n) is 4.16. The van der Waals surface area contributed by atoms with E-state index in [1.54, 1.807) is 17.1 Å². The maximum atomic E-state index is 12.9. The molecule has 1 fully saturated rings. The lowest BCUT2D eigenvalue weighted by molar-refractivity contribution is -0.156. The van der Waals surface area contributed by atoms with Crippen molar-refractivity contribution in [1.82, 2.24) is 24.6 Å². The summed E-state index contributed by atoms with van der Waals surface area (Å²) in [6.07, 6.45) is 7.29. The lowest BCUT2D eigenvalue weighted by atomic mass is 9.90. The van der Waals surface area contributed by atoms with Gasteiger partial charge in [-0.1, -0.05) is 0 Å². The Kier molecular flexibility index (Phi) is 6.56. The Hall–Kier alpha value is -3.13. The fraction of sp³-hybridized carbons (Fsp3) is 0.480. The van der Waals surface area contributed by atoms with Crippen LogP contribution < -0.4 is 0 Å². The number of ether oxygens (including phenoxy) is 1. The van der Waals surface area contributed by atoms with Crippen LogP contribution in [0, 0.1) is 5.92 Å². The number of carbonyl (C=O) groups excluding carboxylic acids is 2.